The second-order valence-electron chi connectivity index (χ2n) is 7.08. The molecule has 4 aromatic rings. The van der Waals surface area contributed by atoms with E-state index in [9.17, 15) is 25.0 Å². The Morgan fingerprint density at radius 3 is 2.36 bits per heavy atom. The molecule has 33 heavy (non-hydrogen) atoms. The highest BCUT2D eigenvalue weighted by Gasteiger charge is 2.27. The minimum atomic E-state index is -0.766. The average molecular weight is 463 g/mol. The van der Waals surface area contributed by atoms with Crippen LogP contribution in [-0.4, -0.2) is 25.7 Å². The topological polar surface area (TPSA) is 132 Å². The van der Waals surface area contributed by atoms with Gasteiger partial charge in [0.2, 0.25) is 0 Å². The van der Waals surface area contributed by atoms with Crippen LogP contribution in [-0.2, 0) is 13.0 Å². The minimum Gasteiger partial charge on any atom is -0.278 e. The van der Waals surface area contributed by atoms with Crippen LogP contribution in [0.1, 0.15) is 28.5 Å². The van der Waals surface area contributed by atoms with Gasteiger partial charge in [-0.05, 0) is 30.2 Å². The molecular formula is C22H17N5O5S. The monoisotopic (exact) mass is 463 g/mol. The van der Waals surface area contributed by atoms with Gasteiger partial charge in [-0.25, -0.2) is 4.98 Å². The number of amides is 1. The summed E-state index contributed by atoms with van der Waals surface area (Å²) in [6, 6.07) is 13.9. The predicted octanol–water partition coefficient (Wildman–Crippen LogP) is 4.92. The molecule has 0 aliphatic heterocycles. The van der Waals surface area contributed by atoms with Crippen molar-refractivity contribution in [2.24, 2.45) is 0 Å². The maximum absolute atomic E-state index is 13.6. The van der Waals surface area contributed by atoms with Gasteiger partial charge in [0.05, 0.1) is 43.9 Å². The molecular weight excluding hydrogens is 446 g/mol. The van der Waals surface area contributed by atoms with E-state index in [2.05, 4.69) is 9.97 Å². The molecule has 1 amide bonds. The Hall–Kier alpha value is -4.25. The van der Waals surface area contributed by atoms with Gasteiger partial charge in [-0.1, -0.05) is 36.5 Å². The zero-order valence-electron chi connectivity index (χ0n) is 17.4. The number of carbonyl (C=O) groups excluding carboxylic acids is 1. The molecule has 0 spiro atoms. The third-order valence-electron chi connectivity index (χ3n) is 4.97. The third kappa shape index (κ3) is 4.53. The zero-order chi connectivity index (χ0) is 23.5. The lowest BCUT2D eigenvalue weighted by atomic mass is 10.1. The zero-order valence-corrected chi connectivity index (χ0v) is 18.2. The van der Waals surface area contributed by atoms with E-state index >= 15 is 0 Å². The number of carbonyl (C=O) groups is 1. The molecule has 2 aromatic heterocycles. The summed E-state index contributed by atoms with van der Waals surface area (Å²) in [5, 5.41) is 23.0. The SMILES string of the molecule is CCc1cccc2sc(N(Cc3ccccn3)C(=O)c3cc([N+](=O)[O-])cc([N+](=O)[O-])c3)nc12. The number of benzene rings is 2. The van der Waals surface area contributed by atoms with E-state index in [0.29, 0.717) is 10.8 Å². The number of hydrogen-bond donors (Lipinski definition) is 0. The number of pyridine rings is 1. The standard InChI is InChI=1S/C22H17N5O5S/c1-2-14-6-5-8-19-20(14)24-22(33-19)25(13-16-7-3-4-9-23-16)21(28)15-10-17(26(29)30)12-18(11-15)27(31)32/h3-12H,2,13H2,1H3. The van der Waals surface area contributed by atoms with Crippen molar-refractivity contribution in [3.63, 3.8) is 0 Å². The summed E-state index contributed by atoms with van der Waals surface area (Å²) in [5.74, 6) is -0.649. The number of rotatable bonds is 7. The van der Waals surface area contributed by atoms with Crippen LogP contribution >= 0.6 is 11.3 Å². The molecule has 4 rings (SSSR count). The van der Waals surface area contributed by atoms with Gasteiger partial charge in [0.15, 0.2) is 5.13 Å². The van der Waals surface area contributed by atoms with E-state index in [1.54, 1.807) is 24.4 Å². The normalized spacial score (nSPS) is 10.8. The van der Waals surface area contributed by atoms with Crippen molar-refractivity contribution in [2.45, 2.75) is 19.9 Å². The van der Waals surface area contributed by atoms with Crippen molar-refractivity contribution in [3.05, 3.63) is 97.8 Å². The van der Waals surface area contributed by atoms with Crippen LogP contribution in [0.2, 0.25) is 0 Å². The highest BCUT2D eigenvalue weighted by atomic mass is 32.1. The van der Waals surface area contributed by atoms with Crippen LogP contribution in [0.15, 0.2) is 60.8 Å². The quantitative estimate of drug-likeness (QED) is 0.281. The number of aryl methyl sites for hydroxylation is 1. The van der Waals surface area contributed by atoms with Crippen LogP contribution in [0, 0.1) is 20.2 Å². The Labute approximate surface area is 191 Å². The number of thiazole rings is 1. The number of fused-ring (bicyclic) bond motifs is 1. The van der Waals surface area contributed by atoms with Crippen LogP contribution in [0.5, 0.6) is 0 Å². The maximum Gasteiger partial charge on any atom is 0.277 e. The number of nitro groups is 2. The molecule has 0 fully saturated rings. The average Bonchev–Trinajstić information content (AvgIpc) is 3.26. The fourth-order valence-electron chi connectivity index (χ4n) is 3.36. The Kier molecular flexibility index (Phi) is 6.05. The summed E-state index contributed by atoms with van der Waals surface area (Å²) in [6.07, 6.45) is 2.34. The van der Waals surface area contributed by atoms with Crippen molar-refractivity contribution >= 4 is 44.0 Å². The van der Waals surface area contributed by atoms with Crippen molar-refractivity contribution in [3.8, 4) is 0 Å². The van der Waals surface area contributed by atoms with Gasteiger partial charge < -0.3 is 0 Å². The van der Waals surface area contributed by atoms with Crippen molar-refractivity contribution in [1.29, 1.82) is 0 Å². The molecule has 0 bridgehead atoms. The molecule has 166 valence electrons. The Bertz CT molecular complexity index is 1340. The molecule has 0 radical (unpaired) electrons. The summed E-state index contributed by atoms with van der Waals surface area (Å²) in [7, 11) is 0. The van der Waals surface area contributed by atoms with Crippen molar-refractivity contribution in [1.82, 2.24) is 9.97 Å². The minimum absolute atomic E-state index is 0.0391. The van der Waals surface area contributed by atoms with Gasteiger partial charge in [-0.15, -0.1) is 0 Å². The van der Waals surface area contributed by atoms with E-state index in [1.165, 1.54) is 16.2 Å². The maximum atomic E-state index is 13.6. The van der Waals surface area contributed by atoms with E-state index < -0.39 is 27.1 Å². The lowest BCUT2D eigenvalue weighted by Crippen LogP contribution is -2.30. The van der Waals surface area contributed by atoms with Crippen LogP contribution in [0.25, 0.3) is 10.2 Å². The van der Waals surface area contributed by atoms with Gasteiger partial charge in [-0.2, -0.15) is 0 Å². The number of non-ortho nitro benzene ring substituents is 2. The Balaban J connectivity index is 1.84. The van der Waals surface area contributed by atoms with Gasteiger partial charge in [0.1, 0.15) is 0 Å². The first-order valence-electron chi connectivity index (χ1n) is 9.91. The molecule has 0 saturated carbocycles. The third-order valence-corrected chi connectivity index (χ3v) is 6.01. The fraction of sp³-hybridized carbons (Fsp3) is 0.136. The first-order chi connectivity index (χ1) is 15.9. The first kappa shape index (κ1) is 22.0. The molecule has 0 unspecified atom stereocenters. The van der Waals surface area contributed by atoms with E-state index in [-0.39, 0.29) is 12.1 Å². The van der Waals surface area contributed by atoms with E-state index in [0.717, 1.165) is 40.4 Å². The second kappa shape index (κ2) is 9.09. The van der Waals surface area contributed by atoms with Gasteiger partial charge >= 0.3 is 0 Å². The number of para-hydroxylation sites is 1. The molecule has 0 atom stereocenters. The molecule has 10 nitrogen and oxygen atoms in total. The van der Waals surface area contributed by atoms with Crippen LogP contribution < -0.4 is 4.90 Å². The highest BCUT2D eigenvalue weighted by Crippen LogP contribution is 2.33. The molecule has 2 aromatic carbocycles. The van der Waals surface area contributed by atoms with Crippen molar-refractivity contribution < 1.29 is 14.6 Å². The lowest BCUT2D eigenvalue weighted by molar-refractivity contribution is -0.394. The predicted molar refractivity (Wildman–Crippen MR) is 123 cm³/mol. The van der Waals surface area contributed by atoms with Crippen molar-refractivity contribution in [2.75, 3.05) is 4.90 Å². The largest absolute Gasteiger partial charge is 0.278 e. The van der Waals surface area contributed by atoms with Gasteiger partial charge in [-0.3, -0.25) is 34.9 Å². The smallest absolute Gasteiger partial charge is 0.277 e. The molecule has 2 heterocycles. The number of aromatic nitrogens is 2. The number of hydrogen-bond acceptors (Lipinski definition) is 8. The molecule has 11 heteroatoms. The molecule has 0 aliphatic rings. The van der Waals surface area contributed by atoms with E-state index in [4.69, 9.17) is 0 Å². The van der Waals surface area contributed by atoms with Gasteiger partial charge in [0, 0.05) is 18.3 Å². The second-order valence-corrected chi connectivity index (χ2v) is 8.09. The molecule has 0 N–H and O–H groups in total. The van der Waals surface area contributed by atoms with Gasteiger partial charge in [0.25, 0.3) is 17.3 Å². The lowest BCUT2D eigenvalue weighted by Gasteiger charge is -2.19. The number of nitrogens with zero attached hydrogens (tertiary/aromatic N) is 5. The summed E-state index contributed by atoms with van der Waals surface area (Å²) in [6.45, 7) is 2.05. The highest BCUT2D eigenvalue weighted by molar-refractivity contribution is 7.22. The van der Waals surface area contributed by atoms with Crippen LogP contribution in [0.3, 0.4) is 0 Å². The van der Waals surface area contributed by atoms with Crippen LogP contribution in [0.4, 0.5) is 16.5 Å². The fourth-order valence-corrected chi connectivity index (χ4v) is 4.37. The Morgan fingerprint density at radius 2 is 1.76 bits per heavy atom. The number of nitro benzene ring substituents is 2. The van der Waals surface area contributed by atoms with E-state index in [1.807, 2.05) is 25.1 Å². The molecule has 0 aliphatic carbocycles. The molecule has 0 saturated heterocycles. The summed E-state index contributed by atoms with van der Waals surface area (Å²) in [5.41, 5.74) is 1.10. The first-order valence-corrected chi connectivity index (χ1v) is 10.7. The number of anilines is 1. The summed E-state index contributed by atoms with van der Waals surface area (Å²) in [4.78, 5) is 44.9. The summed E-state index contributed by atoms with van der Waals surface area (Å²) >= 11 is 1.30. The summed E-state index contributed by atoms with van der Waals surface area (Å²) < 4.78 is 0.883. The Morgan fingerprint density at radius 1 is 1.03 bits per heavy atom.